The summed E-state index contributed by atoms with van der Waals surface area (Å²) in [5.41, 5.74) is 0.550. The quantitative estimate of drug-likeness (QED) is 0.871. The maximum absolute atomic E-state index is 12.4. The van der Waals surface area contributed by atoms with Crippen molar-refractivity contribution in [1.82, 2.24) is 5.32 Å². The molecule has 1 amide bonds. The molecule has 4 nitrogen and oxygen atoms in total. The smallest absolute Gasteiger partial charge is 0.408 e. The van der Waals surface area contributed by atoms with Gasteiger partial charge in [0.15, 0.2) is 5.78 Å². The molecule has 1 rings (SSSR count). The lowest BCUT2D eigenvalue weighted by molar-refractivity contribution is -0.122. The molecule has 1 aromatic rings. The second kappa shape index (κ2) is 7.97. The number of alkyl carbamates (subject to hydrolysis) is 1. The summed E-state index contributed by atoms with van der Waals surface area (Å²) in [6, 6.07) is 9.35. The van der Waals surface area contributed by atoms with Gasteiger partial charge in [0.05, 0.1) is 6.04 Å². The molecule has 22 heavy (non-hydrogen) atoms. The van der Waals surface area contributed by atoms with Crippen LogP contribution >= 0.6 is 0 Å². The Bertz CT molecular complexity index is 489. The zero-order valence-electron chi connectivity index (χ0n) is 14.2. The highest BCUT2D eigenvalue weighted by Crippen LogP contribution is 2.12. The molecule has 1 aromatic carbocycles. The molecule has 0 unspecified atom stereocenters. The molecule has 0 radical (unpaired) electrons. The summed E-state index contributed by atoms with van der Waals surface area (Å²) in [7, 11) is 0. The van der Waals surface area contributed by atoms with Crippen molar-refractivity contribution in [2.45, 2.75) is 59.1 Å². The summed E-state index contributed by atoms with van der Waals surface area (Å²) in [5.74, 6) is 0.0560. The second-order valence-electron chi connectivity index (χ2n) is 6.82. The molecule has 0 bridgehead atoms. The Hall–Kier alpha value is -1.84. The Kier molecular flexibility index (Phi) is 6.60. The summed E-state index contributed by atoms with van der Waals surface area (Å²) in [5, 5.41) is 2.70. The van der Waals surface area contributed by atoms with E-state index in [0.717, 1.165) is 5.56 Å². The van der Waals surface area contributed by atoms with Gasteiger partial charge in [-0.3, -0.25) is 4.79 Å². The third-order valence-corrected chi connectivity index (χ3v) is 3.19. The van der Waals surface area contributed by atoms with E-state index in [9.17, 15) is 9.59 Å². The molecule has 0 aliphatic heterocycles. The maximum atomic E-state index is 12.4. The van der Waals surface area contributed by atoms with E-state index in [0.29, 0.717) is 12.8 Å². The first-order valence-corrected chi connectivity index (χ1v) is 7.75. The fourth-order valence-corrected chi connectivity index (χ4v) is 2.12. The predicted octanol–water partition coefficient (Wildman–Crippen LogP) is 3.74. The first-order chi connectivity index (χ1) is 10.2. The molecule has 0 saturated carbocycles. The lowest BCUT2D eigenvalue weighted by Crippen LogP contribution is -2.46. The number of nitrogens with one attached hydrogen (secondary N) is 1. The number of carbonyl (C=O) groups excluding carboxylic acids is 2. The molecule has 122 valence electrons. The number of amides is 1. The summed E-state index contributed by atoms with van der Waals surface area (Å²) in [4.78, 5) is 24.3. The molecular formula is C18H27NO3. The topological polar surface area (TPSA) is 55.4 Å². The van der Waals surface area contributed by atoms with Gasteiger partial charge in [-0.1, -0.05) is 44.2 Å². The maximum Gasteiger partial charge on any atom is 0.408 e. The lowest BCUT2D eigenvalue weighted by atomic mass is 9.95. The largest absolute Gasteiger partial charge is 0.444 e. The van der Waals surface area contributed by atoms with Crippen LogP contribution in [0.3, 0.4) is 0 Å². The number of hydrogen-bond donors (Lipinski definition) is 1. The number of benzene rings is 1. The van der Waals surface area contributed by atoms with Gasteiger partial charge in [-0.05, 0) is 38.7 Å². The van der Waals surface area contributed by atoms with Crippen LogP contribution in [-0.2, 0) is 16.0 Å². The molecule has 0 aliphatic carbocycles. The fraction of sp³-hybridized carbons (Fsp3) is 0.556. The van der Waals surface area contributed by atoms with Crippen molar-refractivity contribution in [3.05, 3.63) is 35.9 Å². The van der Waals surface area contributed by atoms with Gasteiger partial charge in [-0.15, -0.1) is 0 Å². The van der Waals surface area contributed by atoms with Crippen molar-refractivity contribution in [3.63, 3.8) is 0 Å². The van der Waals surface area contributed by atoms with Gasteiger partial charge < -0.3 is 10.1 Å². The van der Waals surface area contributed by atoms with Gasteiger partial charge in [0, 0.05) is 6.42 Å². The van der Waals surface area contributed by atoms with E-state index >= 15 is 0 Å². The van der Waals surface area contributed by atoms with E-state index in [1.807, 2.05) is 44.2 Å². The van der Waals surface area contributed by atoms with Crippen LogP contribution in [0.15, 0.2) is 30.3 Å². The Labute approximate surface area is 133 Å². The van der Waals surface area contributed by atoms with Gasteiger partial charge in [-0.2, -0.15) is 0 Å². The minimum atomic E-state index is -0.571. The SMILES string of the molecule is CC(C)[C@H](NC(=O)OC(C)(C)C)C(=O)CCc1ccccc1. The number of aryl methyl sites for hydroxylation is 1. The van der Waals surface area contributed by atoms with Gasteiger partial charge in [-0.25, -0.2) is 4.79 Å². The van der Waals surface area contributed by atoms with Crippen molar-refractivity contribution in [2.24, 2.45) is 5.92 Å². The van der Waals surface area contributed by atoms with Crippen LogP contribution in [0, 0.1) is 5.92 Å². The van der Waals surface area contributed by atoms with Gasteiger partial charge in [0.1, 0.15) is 5.60 Å². The number of ether oxygens (including phenoxy) is 1. The normalized spacial score (nSPS) is 12.8. The Morgan fingerprint density at radius 1 is 1.14 bits per heavy atom. The van der Waals surface area contributed by atoms with E-state index < -0.39 is 17.7 Å². The molecule has 0 fully saturated rings. The summed E-state index contributed by atoms with van der Waals surface area (Å²) >= 11 is 0. The van der Waals surface area contributed by atoms with Crippen LogP contribution in [0.1, 0.15) is 46.6 Å². The van der Waals surface area contributed by atoms with E-state index in [4.69, 9.17) is 4.74 Å². The molecule has 1 N–H and O–H groups in total. The Morgan fingerprint density at radius 3 is 2.23 bits per heavy atom. The number of Topliss-reactive ketones (excluding diaryl/α,β-unsaturated/α-hetero) is 1. The zero-order chi connectivity index (χ0) is 16.8. The average Bonchev–Trinajstić information content (AvgIpc) is 2.41. The van der Waals surface area contributed by atoms with Crippen LogP contribution in [0.2, 0.25) is 0 Å². The van der Waals surface area contributed by atoms with Crippen LogP contribution in [0.5, 0.6) is 0 Å². The van der Waals surface area contributed by atoms with Crippen molar-refractivity contribution in [1.29, 1.82) is 0 Å². The highest BCUT2D eigenvalue weighted by molar-refractivity contribution is 5.87. The Balaban J connectivity index is 2.58. The number of ketones is 1. The van der Waals surface area contributed by atoms with Crippen molar-refractivity contribution in [3.8, 4) is 0 Å². The number of carbonyl (C=O) groups is 2. The molecule has 0 saturated heterocycles. The standard InChI is InChI=1S/C18H27NO3/c1-13(2)16(19-17(21)22-18(3,4)5)15(20)12-11-14-9-7-6-8-10-14/h6-10,13,16H,11-12H2,1-5H3,(H,19,21)/t16-/m0/s1. The molecule has 0 aromatic heterocycles. The van der Waals surface area contributed by atoms with Crippen molar-refractivity contribution >= 4 is 11.9 Å². The Morgan fingerprint density at radius 2 is 1.73 bits per heavy atom. The predicted molar refractivity (Wildman–Crippen MR) is 87.8 cm³/mol. The number of rotatable bonds is 6. The van der Waals surface area contributed by atoms with Crippen molar-refractivity contribution in [2.75, 3.05) is 0 Å². The summed E-state index contributed by atoms with van der Waals surface area (Å²) < 4.78 is 5.23. The molecule has 0 aliphatic rings. The first-order valence-electron chi connectivity index (χ1n) is 7.75. The minimum absolute atomic E-state index is 0.0239. The van der Waals surface area contributed by atoms with Crippen LogP contribution in [0.4, 0.5) is 4.79 Å². The van der Waals surface area contributed by atoms with E-state index in [1.54, 1.807) is 20.8 Å². The molecular weight excluding hydrogens is 278 g/mol. The highest BCUT2D eigenvalue weighted by atomic mass is 16.6. The van der Waals surface area contributed by atoms with Crippen LogP contribution in [-0.4, -0.2) is 23.5 Å². The number of hydrogen-bond acceptors (Lipinski definition) is 3. The van der Waals surface area contributed by atoms with Crippen molar-refractivity contribution < 1.29 is 14.3 Å². The average molecular weight is 305 g/mol. The third kappa shape index (κ3) is 6.74. The minimum Gasteiger partial charge on any atom is -0.444 e. The second-order valence-corrected chi connectivity index (χ2v) is 6.82. The molecule has 0 spiro atoms. The van der Waals surface area contributed by atoms with E-state index in [2.05, 4.69) is 5.32 Å². The van der Waals surface area contributed by atoms with Gasteiger partial charge in [0.25, 0.3) is 0 Å². The van der Waals surface area contributed by atoms with Gasteiger partial charge in [0.2, 0.25) is 0 Å². The van der Waals surface area contributed by atoms with Crippen LogP contribution in [0.25, 0.3) is 0 Å². The highest BCUT2D eigenvalue weighted by Gasteiger charge is 2.26. The first kappa shape index (κ1) is 18.2. The third-order valence-electron chi connectivity index (χ3n) is 3.19. The summed E-state index contributed by atoms with van der Waals surface area (Å²) in [6.07, 6.45) is 0.543. The van der Waals surface area contributed by atoms with E-state index in [-0.39, 0.29) is 11.7 Å². The van der Waals surface area contributed by atoms with E-state index in [1.165, 1.54) is 0 Å². The summed E-state index contributed by atoms with van der Waals surface area (Å²) in [6.45, 7) is 9.24. The lowest BCUT2D eigenvalue weighted by Gasteiger charge is -2.25. The van der Waals surface area contributed by atoms with Crippen LogP contribution < -0.4 is 5.32 Å². The zero-order valence-corrected chi connectivity index (χ0v) is 14.2. The molecule has 0 heterocycles. The molecule has 1 atom stereocenters. The monoisotopic (exact) mass is 305 g/mol. The fourth-order valence-electron chi connectivity index (χ4n) is 2.12. The van der Waals surface area contributed by atoms with Gasteiger partial charge >= 0.3 is 6.09 Å². The molecule has 4 heteroatoms.